The summed E-state index contributed by atoms with van der Waals surface area (Å²) in [4.78, 5) is 8.78. The monoisotopic (exact) mass is 360 g/mol. The fourth-order valence-corrected chi connectivity index (χ4v) is 3.30. The van der Waals surface area contributed by atoms with Crippen LogP contribution in [0, 0.1) is 0 Å². The third-order valence-corrected chi connectivity index (χ3v) is 5.38. The Hall–Kier alpha value is -2.52. The molecular weight excluding hydrogens is 340 g/mol. The average molecular weight is 360 g/mol. The molecule has 1 unspecified atom stereocenters. The van der Waals surface area contributed by atoms with Crippen LogP contribution in [0.2, 0.25) is 0 Å². The molecular formula is C16H20N6O2S. The molecule has 0 bridgehead atoms. The summed E-state index contributed by atoms with van der Waals surface area (Å²) in [6.45, 7) is 3.98. The maximum Gasteiger partial charge on any atom is 0.254 e. The highest BCUT2D eigenvalue weighted by Gasteiger charge is 2.15. The molecule has 0 saturated heterocycles. The highest BCUT2D eigenvalue weighted by atomic mass is 32.2. The molecule has 1 atom stereocenters. The Balaban J connectivity index is 1.94. The standard InChI is InChI=1S/C16H20N6O2S/c1-4-13-9-15(22-16(21-13)18-10-19-22)20-11(2)12-6-5-7-14(8-12)25(23,24)17-3/h5-11,17,20H,4H2,1-3H3. The van der Waals surface area contributed by atoms with Crippen LogP contribution >= 0.6 is 0 Å². The van der Waals surface area contributed by atoms with Crippen LogP contribution in [0.25, 0.3) is 5.78 Å². The van der Waals surface area contributed by atoms with E-state index in [0.717, 1.165) is 23.5 Å². The van der Waals surface area contributed by atoms with Crippen molar-refractivity contribution in [3.63, 3.8) is 0 Å². The smallest absolute Gasteiger partial charge is 0.254 e. The second-order valence-electron chi connectivity index (χ2n) is 5.60. The van der Waals surface area contributed by atoms with Crippen molar-refractivity contribution in [2.24, 2.45) is 0 Å². The number of rotatable bonds is 6. The quantitative estimate of drug-likeness (QED) is 0.695. The zero-order valence-corrected chi connectivity index (χ0v) is 15.1. The van der Waals surface area contributed by atoms with E-state index in [1.54, 1.807) is 22.7 Å². The number of aromatic nitrogens is 4. The van der Waals surface area contributed by atoms with Gasteiger partial charge in [0.05, 0.1) is 4.90 Å². The molecule has 0 aliphatic heterocycles. The van der Waals surface area contributed by atoms with Gasteiger partial charge in [-0.3, -0.25) is 0 Å². The number of fused-ring (bicyclic) bond motifs is 1. The lowest BCUT2D eigenvalue weighted by Crippen LogP contribution is -2.19. The van der Waals surface area contributed by atoms with E-state index >= 15 is 0 Å². The molecule has 25 heavy (non-hydrogen) atoms. The summed E-state index contributed by atoms with van der Waals surface area (Å²) in [5, 5.41) is 7.55. The topological polar surface area (TPSA) is 101 Å². The molecule has 8 nitrogen and oxygen atoms in total. The molecule has 2 N–H and O–H groups in total. The Morgan fingerprint density at radius 1 is 1.28 bits per heavy atom. The Morgan fingerprint density at radius 3 is 2.80 bits per heavy atom. The molecule has 1 aromatic carbocycles. The molecule has 0 aliphatic rings. The van der Waals surface area contributed by atoms with Gasteiger partial charge in [0.15, 0.2) is 0 Å². The van der Waals surface area contributed by atoms with Gasteiger partial charge in [-0.1, -0.05) is 19.1 Å². The second kappa shape index (κ2) is 6.77. The van der Waals surface area contributed by atoms with E-state index in [9.17, 15) is 8.42 Å². The summed E-state index contributed by atoms with van der Waals surface area (Å²) >= 11 is 0. The second-order valence-corrected chi connectivity index (χ2v) is 7.49. The predicted octanol–water partition coefficient (Wildman–Crippen LogP) is 1.77. The number of nitrogens with zero attached hydrogens (tertiary/aromatic N) is 4. The van der Waals surface area contributed by atoms with Crippen LogP contribution in [-0.2, 0) is 16.4 Å². The number of hydrogen-bond acceptors (Lipinski definition) is 6. The van der Waals surface area contributed by atoms with Crippen LogP contribution in [-0.4, -0.2) is 35.0 Å². The van der Waals surface area contributed by atoms with Crippen LogP contribution in [0.1, 0.15) is 31.1 Å². The lowest BCUT2D eigenvalue weighted by molar-refractivity contribution is 0.588. The molecule has 0 saturated carbocycles. The normalized spacial score (nSPS) is 13.1. The van der Waals surface area contributed by atoms with E-state index in [2.05, 4.69) is 25.1 Å². The summed E-state index contributed by atoms with van der Waals surface area (Å²) < 4.78 is 28.0. The van der Waals surface area contributed by atoms with Crippen molar-refractivity contribution in [1.29, 1.82) is 0 Å². The van der Waals surface area contributed by atoms with E-state index in [1.807, 2.05) is 26.0 Å². The number of hydrogen-bond donors (Lipinski definition) is 2. The first kappa shape index (κ1) is 17.3. The fourth-order valence-electron chi connectivity index (χ4n) is 2.52. The van der Waals surface area contributed by atoms with Gasteiger partial charge in [0.2, 0.25) is 10.0 Å². The van der Waals surface area contributed by atoms with Gasteiger partial charge in [0, 0.05) is 17.8 Å². The van der Waals surface area contributed by atoms with Crippen molar-refractivity contribution >= 4 is 21.6 Å². The van der Waals surface area contributed by atoms with E-state index in [1.165, 1.54) is 13.4 Å². The van der Waals surface area contributed by atoms with Gasteiger partial charge in [0.1, 0.15) is 12.1 Å². The lowest BCUT2D eigenvalue weighted by atomic mass is 10.1. The Morgan fingerprint density at radius 2 is 2.08 bits per heavy atom. The largest absolute Gasteiger partial charge is 0.363 e. The van der Waals surface area contributed by atoms with Gasteiger partial charge in [-0.15, -0.1) is 0 Å². The number of benzene rings is 1. The van der Waals surface area contributed by atoms with Gasteiger partial charge in [-0.05, 0) is 38.1 Å². The third kappa shape index (κ3) is 3.47. The van der Waals surface area contributed by atoms with Gasteiger partial charge < -0.3 is 5.32 Å². The molecule has 0 fully saturated rings. The van der Waals surface area contributed by atoms with Crippen molar-refractivity contribution in [2.45, 2.75) is 31.2 Å². The van der Waals surface area contributed by atoms with E-state index < -0.39 is 10.0 Å². The molecule has 2 aromatic heterocycles. The summed E-state index contributed by atoms with van der Waals surface area (Å²) in [6.07, 6.45) is 2.24. The minimum atomic E-state index is -3.48. The van der Waals surface area contributed by atoms with Crippen molar-refractivity contribution in [2.75, 3.05) is 12.4 Å². The van der Waals surface area contributed by atoms with Crippen LogP contribution in [0.15, 0.2) is 41.6 Å². The molecule has 0 radical (unpaired) electrons. The van der Waals surface area contributed by atoms with Gasteiger partial charge >= 0.3 is 0 Å². The van der Waals surface area contributed by atoms with E-state index in [-0.39, 0.29) is 10.9 Å². The summed E-state index contributed by atoms with van der Waals surface area (Å²) in [6, 6.07) is 8.63. The van der Waals surface area contributed by atoms with Crippen LogP contribution in [0.4, 0.5) is 5.82 Å². The Labute approximate surface area is 146 Å². The van der Waals surface area contributed by atoms with Crippen LogP contribution in [0.5, 0.6) is 0 Å². The molecule has 0 amide bonds. The number of sulfonamides is 1. The minimum Gasteiger partial charge on any atom is -0.363 e. The van der Waals surface area contributed by atoms with Gasteiger partial charge in [0.25, 0.3) is 5.78 Å². The predicted molar refractivity (Wildman–Crippen MR) is 94.9 cm³/mol. The lowest BCUT2D eigenvalue weighted by Gasteiger charge is -2.17. The highest BCUT2D eigenvalue weighted by molar-refractivity contribution is 7.89. The van der Waals surface area contributed by atoms with E-state index in [4.69, 9.17) is 0 Å². The number of aryl methyl sites for hydroxylation is 1. The Bertz CT molecular complexity index is 999. The maximum absolute atomic E-state index is 12.0. The SMILES string of the molecule is CCc1cc(NC(C)c2cccc(S(=O)(=O)NC)c2)n2ncnc2n1. The van der Waals surface area contributed by atoms with Crippen molar-refractivity contribution in [1.82, 2.24) is 24.3 Å². The van der Waals surface area contributed by atoms with E-state index in [0.29, 0.717) is 5.78 Å². The number of anilines is 1. The molecule has 132 valence electrons. The van der Waals surface area contributed by atoms with Gasteiger partial charge in [-0.2, -0.15) is 14.6 Å². The van der Waals surface area contributed by atoms with Crippen molar-refractivity contribution in [3.05, 3.63) is 47.9 Å². The first-order valence-electron chi connectivity index (χ1n) is 7.94. The summed E-state index contributed by atoms with van der Waals surface area (Å²) in [5.74, 6) is 1.29. The first-order chi connectivity index (χ1) is 11.9. The fraction of sp³-hybridized carbons (Fsp3) is 0.312. The molecule has 3 aromatic rings. The number of nitrogens with one attached hydrogen (secondary N) is 2. The molecule has 2 heterocycles. The maximum atomic E-state index is 12.0. The molecule has 0 aliphatic carbocycles. The zero-order valence-electron chi connectivity index (χ0n) is 14.3. The molecule has 3 rings (SSSR count). The summed E-state index contributed by atoms with van der Waals surface area (Å²) in [5.41, 5.74) is 1.75. The molecule has 0 spiro atoms. The first-order valence-corrected chi connectivity index (χ1v) is 9.42. The van der Waals surface area contributed by atoms with Crippen molar-refractivity contribution < 1.29 is 8.42 Å². The average Bonchev–Trinajstić information content (AvgIpc) is 3.10. The molecule has 9 heteroatoms. The summed E-state index contributed by atoms with van der Waals surface area (Å²) in [7, 11) is -2.08. The third-order valence-electron chi connectivity index (χ3n) is 3.97. The highest BCUT2D eigenvalue weighted by Crippen LogP contribution is 2.22. The van der Waals surface area contributed by atoms with Crippen LogP contribution < -0.4 is 10.0 Å². The Kier molecular flexibility index (Phi) is 4.69. The van der Waals surface area contributed by atoms with Crippen LogP contribution in [0.3, 0.4) is 0 Å². The van der Waals surface area contributed by atoms with Crippen molar-refractivity contribution in [3.8, 4) is 0 Å². The van der Waals surface area contributed by atoms with Gasteiger partial charge in [-0.25, -0.2) is 18.1 Å². The zero-order chi connectivity index (χ0) is 18.0. The minimum absolute atomic E-state index is 0.133.